The Labute approximate surface area is 99.8 Å². The quantitative estimate of drug-likeness (QED) is 0.562. The van der Waals surface area contributed by atoms with Crippen molar-refractivity contribution in [1.29, 1.82) is 0 Å². The largest absolute Gasteiger partial charge is 0.311 e. The molecule has 90 valence electrons. The molecule has 0 radical (unpaired) electrons. The molecule has 1 N–H and O–H groups in total. The third-order valence-electron chi connectivity index (χ3n) is 3.94. The number of piperazine rings is 1. The maximum atomic E-state index is 5.27. The van der Waals surface area contributed by atoms with Crippen molar-refractivity contribution in [3.63, 3.8) is 0 Å². The number of rotatable bonds is 5. The van der Waals surface area contributed by atoms with Crippen LogP contribution in [-0.4, -0.2) is 36.6 Å². The van der Waals surface area contributed by atoms with Gasteiger partial charge in [-0.2, -0.15) is 0 Å². The number of hydrogen-bond acceptors (Lipinski definition) is 2. The molecule has 2 heteroatoms. The molecule has 2 aliphatic rings. The highest BCUT2D eigenvalue weighted by molar-refractivity contribution is 4.93. The third-order valence-corrected chi connectivity index (χ3v) is 3.94. The first-order chi connectivity index (χ1) is 7.81. The lowest BCUT2D eigenvalue weighted by Gasteiger charge is -2.39. The molecule has 0 spiro atoms. The summed E-state index contributed by atoms with van der Waals surface area (Å²) in [6.45, 7) is 5.98. The number of hydrogen-bond donors (Lipinski definition) is 1. The molecule has 1 saturated heterocycles. The minimum absolute atomic E-state index is 0.695. The summed E-state index contributed by atoms with van der Waals surface area (Å²) < 4.78 is 0. The molecule has 0 bridgehead atoms. The summed E-state index contributed by atoms with van der Waals surface area (Å²) >= 11 is 0. The molecule has 2 unspecified atom stereocenters. The summed E-state index contributed by atoms with van der Waals surface area (Å²) in [7, 11) is 0. The Bertz CT molecular complexity index is 252. The first-order valence-corrected chi connectivity index (χ1v) is 6.72. The summed E-state index contributed by atoms with van der Waals surface area (Å²) in [5, 5.41) is 3.69. The molecule has 1 saturated carbocycles. The van der Waals surface area contributed by atoms with Gasteiger partial charge in [0.1, 0.15) is 0 Å². The molecule has 0 aromatic rings. The molecule has 2 nitrogen and oxygen atoms in total. The Morgan fingerprint density at radius 3 is 2.88 bits per heavy atom. The highest BCUT2D eigenvalue weighted by atomic mass is 15.2. The fourth-order valence-corrected chi connectivity index (χ4v) is 2.62. The molecule has 2 rings (SSSR count). The van der Waals surface area contributed by atoms with E-state index >= 15 is 0 Å². The van der Waals surface area contributed by atoms with Crippen LogP contribution in [0.3, 0.4) is 0 Å². The molecule has 1 aliphatic carbocycles. The average Bonchev–Trinajstić information content (AvgIpc) is 3.10. The van der Waals surface area contributed by atoms with Crippen LogP contribution in [0.25, 0.3) is 0 Å². The monoisotopic (exact) mass is 220 g/mol. The zero-order valence-corrected chi connectivity index (χ0v) is 10.4. The lowest BCUT2D eigenvalue weighted by molar-refractivity contribution is 0.131. The zero-order valence-electron chi connectivity index (χ0n) is 10.4. The maximum absolute atomic E-state index is 5.27. The van der Waals surface area contributed by atoms with Crippen LogP contribution in [0, 0.1) is 18.3 Å². The summed E-state index contributed by atoms with van der Waals surface area (Å²) in [5.74, 6) is 3.70. The SMILES string of the molecule is C#CCCCCN1CC(C2CC2)NCC1C. The van der Waals surface area contributed by atoms with Gasteiger partial charge in [-0.25, -0.2) is 0 Å². The van der Waals surface area contributed by atoms with Gasteiger partial charge in [0.25, 0.3) is 0 Å². The van der Waals surface area contributed by atoms with Gasteiger partial charge in [-0.1, -0.05) is 0 Å². The fraction of sp³-hybridized carbons (Fsp3) is 0.857. The Hall–Kier alpha value is -0.520. The van der Waals surface area contributed by atoms with E-state index in [1.165, 1.54) is 38.8 Å². The van der Waals surface area contributed by atoms with Gasteiger partial charge in [-0.3, -0.25) is 4.90 Å². The van der Waals surface area contributed by atoms with E-state index in [0.29, 0.717) is 6.04 Å². The molecule has 0 aromatic heterocycles. The minimum atomic E-state index is 0.695. The average molecular weight is 220 g/mol. The first kappa shape index (κ1) is 12.0. The van der Waals surface area contributed by atoms with Gasteiger partial charge in [0.2, 0.25) is 0 Å². The molecule has 2 fully saturated rings. The maximum Gasteiger partial charge on any atom is 0.0224 e. The Kier molecular flexibility index (Phi) is 4.26. The molecule has 16 heavy (non-hydrogen) atoms. The third kappa shape index (κ3) is 3.23. The molecule has 2 atom stereocenters. The standard InChI is InChI=1S/C14H24N2/c1-3-4-5-6-9-16-11-14(13-7-8-13)15-10-12(16)2/h1,12-15H,4-11H2,2H3. The number of terminal acetylenes is 1. The molecule has 1 heterocycles. The van der Waals surface area contributed by atoms with Crippen molar-refractivity contribution in [3.05, 3.63) is 0 Å². The van der Waals surface area contributed by atoms with E-state index in [1.54, 1.807) is 0 Å². The van der Waals surface area contributed by atoms with Gasteiger partial charge >= 0.3 is 0 Å². The molecular formula is C14H24N2. The minimum Gasteiger partial charge on any atom is -0.311 e. The van der Waals surface area contributed by atoms with Gasteiger partial charge in [0.15, 0.2) is 0 Å². The van der Waals surface area contributed by atoms with Gasteiger partial charge in [0.05, 0.1) is 0 Å². The van der Waals surface area contributed by atoms with Crippen molar-refractivity contribution in [3.8, 4) is 12.3 Å². The van der Waals surface area contributed by atoms with E-state index < -0.39 is 0 Å². The molecule has 0 aromatic carbocycles. The van der Waals surface area contributed by atoms with Crippen LogP contribution in [0.5, 0.6) is 0 Å². The molecule has 1 aliphatic heterocycles. The second kappa shape index (κ2) is 5.70. The fourth-order valence-electron chi connectivity index (χ4n) is 2.62. The topological polar surface area (TPSA) is 15.3 Å². The van der Waals surface area contributed by atoms with Crippen LogP contribution in [0.15, 0.2) is 0 Å². The van der Waals surface area contributed by atoms with E-state index in [4.69, 9.17) is 6.42 Å². The number of nitrogens with zero attached hydrogens (tertiary/aromatic N) is 1. The first-order valence-electron chi connectivity index (χ1n) is 6.72. The summed E-state index contributed by atoms with van der Waals surface area (Å²) in [4.78, 5) is 2.65. The van der Waals surface area contributed by atoms with E-state index in [2.05, 4.69) is 23.1 Å². The van der Waals surface area contributed by atoms with E-state index in [9.17, 15) is 0 Å². The summed E-state index contributed by atoms with van der Waals surface area (Å²) in [6, 6.07) is 1.46. The Morgan fingerprint density at radius 2 is 2.19 bits per heavy atom. The van der Waals surface area contributed by atoms with Crippen molar-refractivity contribution in [1.82, 2.24) is 10.2 Å². The lowest BCUT2D eigenvalue weighted by Crippen LogP contribution is -2.56. The van der Waals surface area contributed by atoms with Gasteiger partial charge in [-0.15, -0.1) is 12.3 Å². The van der Waals surface area contributed by atoms with Crippen LogP contribution < -0.4 is 5.32 Å². The second-order valence-electron chi connectivity index (χ2n) is 5.36. The second-order valence-corrected chi connectivity index (χ2v) is 5.36. The number of nitrogens with one attached hydrogen (secondary N) is 1. The van der Waals surface area contributed by atoms with Crippen molar-refractivity contribution < 1.29 is 0 Å². The van der Waals surface area contributed by atoms with E-state index in [0.717, 1.165) is 24.9 Å². The smallest absolute Gasteiger partial charge is 0.0224 e. The summed E-state index contributed by atoms with van der Waals surface area (Å²) in [5.41, 5.74) is 0. The zero-order chi connectivity index (χ0) is 11.4. The van der Waals surface area contributed by atoms with Gasteiger partial charge < -0.3 is 5.32 Å². The van der Waals surface area contributed by atoms with Crippen LogP contribution >= 0.6 is 0 Å². The van der Waals surface area contributed by atoms with Gasteiger partial charge in [-0.05, 0) is 45.1 Å². The van der Waals surface area contributed by atoms with Crippen LogP contribution in [-0.2, 0) is 0 Å². The predicted molar refractivity (Wildman–Crippen MR) is 68.2 cm³/mol. The van der Waals surface area contributed by atoms with Crippen LogP contribution in [0.1, 0.15) is 39.0 Å². The van der Waals surface area contributed by atoms with Crippen molar-refractivity contribution in [2.45, 2.75) is 51.1 Å². The van der Waals surface area contributed by atoms with Gasteiger partial charge in [0, 0.05) is 31.6 Å². The predicted octanol–water partition coefficient (Wildman–Crippen LogP) is 1.86. The van der Waals surface area contributed by atoms with E-state index in [-0.39, 0.29) is 0 Å². The number of unbranched alkanes of at least 4 members (excludes halogenated alkanes) is 2. The highest BCUT2D eigenvalue weighted by Crippen LogP contribution is 2.34. The normalized spacial score (nSPS) is 31.2. The van der Waals surface area contributed by atoms with E-state index in [1.807, 2.05) is 0 Å². The summed E-state index contributed by atoms with van der Waals surface area (Å²) in [6.07, 6.45) is 11.5. The highest BCUT2D eigenvalue weighted by Gasteiger charge is 2.35. The molecule has 0 amide bonds. The van der Waals surface area contributed by atoms with Crippen molar-refractivity contribution in [2.75, 3.05) is 19.6 Å². The Balaban J connectivity index is 1.70. The lowest BCUT2D eigenvalue weighted by atomic mass is 10.1. The van der Waals surface area contributed by atoms with Crippen molar-refractivity contribution >= 4 is 0 Å². The Morgan fingerprint density at radius 1 is 1.38 bits per heavy atom. The van der Waals surface area contributed by atoms with Crippen LogP contribution in [0.4, 0.5) is 0 Å². The van der Waals surface area contributed by atoms with Crippen molar-refractivity contribution in [2.24, 2.45) is 5.92 Å². The molecular weight excluding hydrogens is 196 g/mol. The van der Waals surface area contributed by atoms with Crippen LogP contribution in [0.2, 0.25) is 0 Å².